The van der Waals surface area contributed by atoms with Gasteiger partial charge in [0.15, 0.2) is 11.5 Å². The number of hydrogen-bond acceptors (Lipinski definition) is 5. The average molecular weight is 390 g/mol. The summed E-state index contributed by atoms with van der Waals surface area (Å²) in [4.78, 5) is 19.9. The number of nitrogens with one attached hydrogen (secondary N) is 3. The highest BCUT2D eigenvalue weighted by Crippen LogP contribution is 2.42. The van der Waals surface area contributed by atoms with Gasteiger partial charge in [-0.05, 0) is 24.6 Å². The molecular weight excluding hydrogens is 368 g/mol. The minimum atomic E-state index is -0.146. The van der Waals surface area contributed by atoms with Crippen molar-refractivity contribution in [2.75, 3.05) is 24.9 Å². The lowest BCUT2D eigenvalue weighted by Crippen LogP contribution is -2.10. The van der Waals surface area contributed by atoms with Crippen LogP contribution in [0.25, 0.3) is 16.8 Å². The molecule has 7 nitrogen and oxygen atoms in total. The number of H-pyrrole nitrogens is 1. The number of carbonyl (C=O) groups excluding carboxylic acids is 1. The van der Waals surface area contributed by atoms with Crippen molar-refractivity contribution in [3.63, 3.8) is 0 Å². The van der Waals surface area contributed by atoms with Crippen LogP contribution in [0.2, 0.25) is 0 Å². The standard InChI is InChI=1S/C22H22N4O3/c1-4-16(25-14-7-5-13(6-8-14)18-11-23-12-24-18)21-15-9-19(28-2)20(29-3)10-17(15)26-22(21)27/h5-12,25H,4H2,1-3H3,(H,23,24)(H,26,27). The molecule has 0 fully saturated rings. The molecule has 1 amide bonds. The number of fused-ring (bicyclic) bond motifs is 1. The van der Waals surface area contributed by atoms with E-state index in [1.807, 2.05) is 43.5 Å². The second kappa shape index (κ2) is 7.71. The van der Waals surface area contributed by atoms with Crippen molar-refractivity contribution in [1.29, 1.82) is 0 Å². The van der Waals surface area contributed by atoms with Crippen LogP contribution in [0.3, 0.4) is 0 Å². The van der Waals surface area contributed by atoms with Crippen LogP contribution in [0.1, 0.15) is 18.9 Å². The van der Waals surface area contributed by atoms with E-state index in [0.29, 0.717) is 29.2 Å². The summed E-state index contributed by atoms with van der Waals surface area (Å²) in [5, 5.41) is 6.32. The maximum absolute atomic E-state index is 12.7. The first-order valence-corrected chi connectivity index (χ1v) is 9.31. The van der Waals surface area contributed by atoms with E-state index in [9.17, 15) is 4.79 Å². The van der Waals surface area contributed by atoms with Gasteiger partial charge in [0.05, 0.1) is 37.5 Å². The Labute approximate surface area is 168 Å². The monoisotopic (exact) mass is 390 g/mol. The van der Waals surface area contributed by atoms with Crippen LogP contribution in [0, 0.1) is 0 Å². The molecule has 148 valence electrons. The Kier molecular flexibility index (Phi) is 4.95. The van der Waals surface area contributed by atoms with Gasteiger partial charge < -0.3 is 25.1 Å². The molecule has 4 rings (SSSR count). The van der Waals surface area contributed by atoms with E-state index < -0.39 is 0 Å². The molecule has 3 aromatic rings. The van der Waals surface area contributed by atoms with Gasteiger partial charge in [-0.1, -0.05) is 19.1 Å². The van der Waals surface area contributed by atoms with E-state index in [0.717, 1.165) is 28.2 Å². The molecular formula is C22H22N4O3. The molecule has 1 aromatic heterocycles. The van der Waals surface area contributed by atoms with Crippen LogP contribution in [0.5, 0.6) is 11.5 Å². The number of allylic oxidation sites excluding steroid dienone is 1. The molecule has 0 unspecified atom stereocenters. The Morgan fingerprint density at radius 2 is 1.83 bits per heavy atom. The Bertz CT molecular complexity index is 1070. The molecule has 0 bridgehead atoms. The van der Waals surface area contributed by atoms with Crippen molar-refractivity contribution in [2.45, 2.75) is 13.3 Å². The SMILES string of the molecule is CCC(Nc1ccc(-c2c[nH]cn2)cc1)=C1C(=O)Nc2cc(OC)c(OC)cc21. The number of imidazole rings is 1. The van der Waals surface area contributed by atoms with Crippen LogP contribution in [-0.2, 0) is 4.79 Å². The molecule has 0 radical (unpaired) electrons. The van der Waals surface area contributed by atoms with Crippen LogP contribution >= 0.6 is 0 Å². The van der Waals surface area contributed by atoms with Gasteiger partial charge in [0.1, 0.15) is 0 Å². The molecule has 0 aliphatic carbocycles. The molecule has 7 heteroatoms. The maximum Gasteiger partial charge on any atom is 0.258 e. The Balaban J connectivity index is 1.69. The third-order valence-electron chi connectivity index (χ3n) is 4.90. The summed E-state index contributed by atoms with van der Waals surface area (Å²) in [5.74, 6) is 1.01. The Hall–Kier alpha value is -3.74. The zero-order valence-electron chi connectivity index (χ0n) is 16.5. The van der Waals surface area contributed by atoms with Gasteiger partial charge in [0.2, 0.25) is 0 Å². The molecule has 2 heterocycles. The number of benzene rings is 2. The second-order valence-corrected chi connectivity index (χ2v) is 6.57. The van der Waals surface area contributed by atoms with E-state index in [2.05, 4.69) is 20.6 Å². The molecule has 29 heavy (non-hydrogen) atoms. The predicted octanol–water partition coefficient (Wildman–Crippen LogP) is 4.28. The number of hydrogen-bond donors (Lipinski definition) is 3. The Morgan fingerprint density at radius 3 is 2.45 bits per heavy atom. The summed E-state index contributed by atoms with van der Waals surface area (Å²) in [6.07, 6.45) is 4.17. The van der Waals surface area contributed by atoms with Gasteiger partial charge in [0.25, 0.3) is 5.91 Å². The summed E-state index contributed by atoms with van der Waals surface area (Å²) >= 11 is 0. The zero-order chi connectivity index (χ0) is 20.4. The largest absolute Gasteiger partial charge is 0.493 e. The smallest absolute Gasteiger partial charge is 0.258 e. The third kappa shape index (κ3) is 3.42. The van der Waals surface area contributed by atoms with E-state index in [1.54, 1.807) is 26.6 Å². The van der Waals surface area contributed by atoms with Gasteiger partial charge in [-0.25, -0.2) is 4.98 Å². The summed E-state index contributed by atoms with van der Waals surface area (Å²) in [5.41, 5.74) is 5.75. The van der Waals surface area contributed by atoms with Crippen LogP contribution in [-0.4, -0.2) is 30.1 Å². The number of carbonyl (C=O) groups is 1. The van der Waals surface area contributed by atoms with Crippen molar-refractivity contribution in [2.24, 2.45) is 0 Å². The highest BCUT2D eigenvalue weighted by atomic mass is 16.5. The molecule has 1 aliphatic heterocycles. The van der Waals surface area contributed by atoms with Crippen molar-refractivity contribution in [3.05, 3.63) is 60.2 Å². The third-order valence-corrected chi connectivity index (χ3v) is 4.90. The summed E-state index contributed by atoms with van der Waals surface area (Å²) in [6.45, 7) is 2.01. The fourth-order valence-electron chi connectivity index (χ4n) is 3.44. The number of aromatic amines is 1. The normalized spacial score (nSPS) is 14.2. The van der Waals surface area contributed by atoms with Crippen molar-refractivity contribution in [1.82, 2.24) is 9.97 Å². The summed E-state index contributed by atoms with van der Waals surface area (Å²) in [6, 6.07) is 11.6. The number of methoxy groups -OCH3 is 2. The van der Waals surface area contributed by atoms with Crippen LogP contribution < -0.4 is 20.1 Å². The summed E-state index contributed by atoms with van der Waals surface area (Å²) < 4.78 is 10.8. The fourth-order valence-corrected chi connectivity index (χ4v) is 3.44. The van der Waals surface area contributed by atoms with E-state index in [4.69, 9.17) is 9.47 Å². The lowest BCUT2D eigenvalue weighted by atomic mass is 10.0. The Morgan fingerprint density at radius 1 is 1.10 bits per heavy atom. The van der Waals surface area contributed by atoms with E-state index >= 15 is 0 Å². The number of amides is 1. The van der Waals surface area contributed by atoms with Crippen LogP contribution in [0.4, 0.5) is 11.4 Å². The number of aromatic nitrogens is 2. The topological polar surface area (TPSA) is 88.3 Å². The van der Waals surface area contributed by atoms with Crippen LogP contribution in [0.15, 0.2) is 54.6 Å². The lowest BCUT2D eigenvalue weighted by Gasteiger charge is -2.14. The van der Waals surface area contributed by atoms with Gasteiger partial charge in [-0.2, -0.15) is 0 Å². The first kappa shape index (κ1) is 18.6. The van der Waals surface area contributed by atoms with Crippen molar-refractivity contribution < 1.29 is 14.3 Å². The van der Waals surface area contributed by atoms with Crippen molar-refractivity contribution >= 4 is 22.9 Å². The van der Waals surface area contributed by atoms with Crippen molar-refractivity contribution in [3.8, 4) is 22.8 Å². The quantitative estimate of drug-likeness (QED) is 0.547. The first-order chi connectivity index (χ1) is 14.1. The minimum absolute atomic E-state index is 0.146. The average Bonchev–Trinajstić information content (AvgIpc) is 3.39. The highest BCUT2D eigenvalue weighted by Gasteiger charge is 2.29. The minimum Gasteiger partial charge on any atom is -0.493 e. The van der Waals surface area contributed by atoms with E-state index in [-0.39, 0.29) is 5.91 Å². The number of ether oxygens (including phenoxy) is 2. The zero-order valence-corrected chi connectivity index (χ0v) is 16.5. The highest BCUT2D eigenvalue weighted by molar-refractivity contribution is 6.32. The number of nitrogens with zero attached hydrogens (tertiary/aromatic N) is 1. The van der Waals surface area contributed by atoms with Gasteiger partial charge >= 0.3 is 0 Å². The first-order valence-electron chi connectivity index (χ1n) is 9.31. The summed E-state index contributed by atoms with van der Waals surface area (Å²) in [7, 11) is 3.15. The number of anilines is 2. The molecule has 0 saturated heterocycles. The molecule has 0 atom stereocenters. The fraction of sp³-hybridized carbons (Fsp3) is 0.182. The van der Waals surface area contributed by atoms with E-state index in [1.165, 1.54) is 0 Å². The number of rotatable bonds is 6. The van der Waals surface area contributed by atoms with Gasteiger partial charge in [0, 0.05) is 34.8 Å². The van der Waals surface area contributed by atoms with Gasteiger partial charge in [-0.15, -0.1) is 0 Å². The van der Waals surface area contributed by atoms with Gasteiger partial charge in [-0.3, -0.25) is 4.79 Å². The second-order valence-electron chi connectivity index (χ2n) is 6.57. The predicted molar refractivity (Wildman–Crippen MR) is 113 cm³/mol. The molecule has 0 saturated carbocycles. The molecule has 1 aliphatic rings. The maximum atomic E-state index is 12.7. The molecule has 3 N–H and O–H groups in total. The molecule has 0 spiro atoms. The lowest BCUT2D eigenvalue weighted by molar-refractivity contribution is -0.110. The molecule has 2 aromatic carbocycles.